The van der Waals surface area contributed by atoms with E-state index in [9.17, 15) is 14.4 Å². The van der Waals surface area contributed by atoms with Crippen LogP contribution in [0.4, 0.5) is 0 Å². The summed E-state index contributed by atoms with van der Waals surface area (Å²) in [6, 6.07) is 9.44. The molecular weight excluding hydrogens is 316 g/mol. The number of ketones is 2. The average Bonchev–Trinajstić information content (AvgIpc) is 2.51. The molecule has 5 heteroatoms. The highest BCUT2D eigenvalue weighted by Gasteiger charge is 2.33. The Morgan fingerprint density at radius 1 is 0.957 bits per heavy atom. The van der Waals surface area contributed by atoms with Crippen molar-refractivity contribution in [3.63, 3.8) is 0 Å². The lowest BCUT2D eigenvalue weighted by molar-refractivity contribution is 0.0378. The summed E-state index contributed by atoms with van der Waals surface area (Å²) >= 11 is 6.26. The van der Waals surface area contributed by atoms with Crippen molar-refractivity contribution in [1.29, 1.82) is 0 Å². The van der Waals surface area contributed by atoms with Crippen LogP contribution in [-0.4, -0.2) is 23.6 Å². The van der Waals surface area contributed by atoms with E-state index in [1.165, 1.54) is 12.1 Å². The van der Waals surface area contributed by atoms with E-state index in [2.05, 4.69) is 0 Å². The van der Waals surface area contributed by atoms with Gasteiger partial charge in [-0.15, -0.1) is 0 Å². The van der Waals surface area contributed by atoms with Gasteiger partial charge in [-0.3, -0.25) is 9.59 Å². The molecule has 0 atom stereocenters. The van der Waals surface area contributed by atoms with Crippen molar-refractivity contribution in [3.8, 4) is 0 Å². The molecule has 0 bridgehead atoms. The highest BCUT2D eigenvalue weighted by molar-refractivity contribution is 6.41. The topological polar surface area (TPSA) is 60.4 Å². The smallest absolute Gasteiger partial charge is 0.339 e. The van der Waals surface area contributed by atoms with E-state index in [1.807, 2.05) is 0 Å². The first-order valence-corrected chi connectivity index (χ1v) is 7.51. The van der Waals surface area contributed by atoms with Gasteiger partial charge in [0.15, 0.2) is 11.6 Å². The zero-order chi connectivity index (χ0) is 16.7. The molecule has 0 aliphatic heterocycles. The molecule has 2 aromatic carbocycles. The minimum atomic E-state index is -0.619. The molecule has 0 N–H and O–H groups in total. The molecule has 0 spiro atoms. The van der Waals surface area contributed by atoms with Gasteiger partial charge < -0.3 is 4.74 Å². The van der Waals surface area contributed by atoms with Gasteiger partial charge in [0, 0.05) is 16.7 Å². The summed E-state index contributed by atoms with van der Waals surface area (Å²) < 4.78 is 5.12. The van der Waals surface area contributed by atoms with Gasteiger partial charge in [0.1, 0.15) is 0 Å². The molecule has 0 unspecified atom stereocenters. The first-order chi connectivity index (χ1) is 10.9. The normalized spacial score (nSPS) is 12.9. The highest BCUT2D eigenvalue weighted by atomic mass is 35.5. The van der Waals surface area contributed by atoms with Crippen LogP contribution in [0.25, 0.3) is 0 Å². The Hall–Kier alpha value is -2.46. The van der Waals surface area contributed by atoms with Gasteiger partial charge in [0.25, 0.3) is 0 Å². The van der Waals surface area contributed by atoms with Gasteiger partial charge in [0.2, 0.25) is 0 Å². The van der Waals surface area contributed by atoms with Crippen LogP contribution in [-0.2, 0) is 4.74 Å². The molecule has 4 nitrogen and oxygen atoms in total. The van der Waals surface area contributed by atoms with Crippen molar-refractivity contribution in [1.82, 2.24) is 0 Å². The third-order valence-corrected chi connectivity index (χ3v) is 3.99. The number of esters is 1. The average molecular weight is 329 g/mol. The lowest BCUT2D eigenvalue weighted by atomic mass is 9.83. The highest BCUT2D eigenvalue weighted by Crippen LogP contribution is 2.34. The molecule has 23 heavy (non-hydrogen) atoms. The number of fused-ring (bicyclic) bond motifs is 2. The number of carbonyl (C=O) groups excluding carboxylic acids is 3. The Morgan fingerprint density at radius 2 is 1.57 bits per heavy atom. The van der Waals surface area contributed by atoms with Crippen LogP contribution in [0, 0.1) is 0 Å². The predicted octanol–water partition coefficient (Wildman–Crippen LogP) is 3.68. The first kappa shape index (κ1) is 15.4. The maximum Gasteiger partial charge on any atom is 0.339 e. The number of hydrogen-bond donors (Lipinski definition) is 0. The van der Waals surface area contributed by atoms with Gasteiger partial charge in [-0.2, -0.15) is 0 Å². The van der Waals surface area contributed by atoms with Crippen LogP contribution in [0.5, 0.6) is 0 Å². The molecule has 0 saturated heterocycles. The fourth-order valence-electron chi connectivity index (χ4n) is 2.58. The number of halogens is 1. The Labute approximate surface area is 138 Å². The van der Waals surface area contributed by atoms with E-state index in [0.717, 1.165) is 0 Å². The summed E-state index contributed by atoms with van der Waals surface area (Å²) in [5, 5.41) is -0.0407. The molecule has 116 valence electrons. The van der Waals surface area contributed by atoms with Crippen LogP contribution < -0.4 is 0 Å². The molecule has 1 aliphatic rings. The van der Waals surface area contributed by atoms with Crippen molar-refractivity contribution in [2.75, 3.05) is 0 Å². The lowest BCUT2D eigenvalue weighted by Crippen LogP contribution is -2.23. The van der Waals surface area contributed by atoms with Crippen molar-refractivity contribution in [3.05, 3.63) is 69.2 Å². The Kier molecular flexibility index (Phi) is 3.78. The number of rotatable bonds is 2. The van der Waals surface area contributed by atoms with E-state index >= 15 is 0 Å². The summed E-state index contributed by atoms with van der Waals surface area (Å²) in [7, 11) is 0. The Bertz CT molecular complexity index is 852. The van der Waals surface area contributed by atoms with E-state index in [0.29, 0.717) is 11.1 Å². The van der Waals surface area contributed by atoms with E-state index in [-0.39, 0.29) is 39.4 Å². The minimum Gasteiger partial charge on any atom is -0.459 e. The van der Waals surface area contributed by atoms with Crippen molar-refractivity contribution < 1.29 is 19.1 Å². The van der Waals surface area contributed by atoms with E-state index in [1.54, 1.807) is 38.1 Å². The van der Waals surface area contributed by atoms with E-state index in [4.69, 9.17) is 16.3 Å². The SMILES string of the molecule is CC(C)OC(=O)c1ccc2c(c1Cl)C(=O)c1ccccc1C2=O. The molecule has 3 rings (SSSR count). The maximum atomic E-state index is 12.7. The van der Waals surface area contributed by atoms with Gasteiger partial charge >= 0.3 is 5.97 Å². The van der Waals surface area contributed by atoms with Crippen LogP contribution in [0.2, 0.25) is 5.02 Å². The minimum absolute atomic E-state index is 0.0407. The van der Waals surface area contributed by atoms with E-state index < -0.39 is 5.97 Å². The summed E-state index contributed by atoms with van der Waals surface area (Å²) in [4.78, 5) is 37.3. The molecule has 0 fully saturated rings. The maximum absolute atomic E-state index is 12.7. The van der Waals surface area contributed by atoms with Gasteiger partial charge in [-0.25, -0.2) is 4.79 Å². The van der Waals surface area contributed by atoms with Crippen molar-refractivity contribution in [2.24, 2.45) is 0 Å². The summed E-state index contributed by atoms with van der Waals surface area (Å²) in [6.07, 6.45) is -0.312. The number of carbonyl (C=O) groups is 3. The van der Waals surface area contributed by atoms with Gasteiger partial charge in [0.05, 0.1) is 22.3 Å². The van der Waals surface area contributed by atoms with Gasteiger partial charge in [-0.05, 0) is 26.0 Å². The molecule has 0 aromatic heterocycles. The Morgan fingerprint density at radius 3 is 2.17 bits per heavy atom. The monoisotopic (exact) mass is 328 g/mol. The molecule has 0 amide bonds. The number of benzene rings is 2. The summed E-state index contributed by atoms with van der Waals surface area (Å²) in [6.45, 7) is 3.43. The molecule has 0 radical (unpaired) electrons. The molecule has 2 aromatic rings. The second-order valence-electron chi connectivity index (χ2n) is 5.51. The van der Waals surface area contributed by atoms with Crippen molar-refractivity contribution in [2.45, 2.75) is 20.0 Å². The largest absolute Gasteiger partial charge is 0.459 e. The predicted molar refractivity (Wildman–Crippen MR) is 85.3 cm³/mol. The fraction of sp³-hybridized carbons (Fsp3) is 0.167. The van der Waals surface area contributed by atoms with Gasteiger partial charge in [-0.1, -0.05) is 35.9 Å². The Balaban J connectivity index is 2.17. The summed E-state index contributed by atoms with van der Waals surface area (Å²) in [5.74, 6) is -1.26. The van der Waals surface area contributed by atoms with Crippen molar-refractivity contribution >= 4 is 29.1 Å². The molecule has 0 saturated carbocycles. The quantitative estimate of drug-likeness (QED) is 0.673. The first-order valence-electron chi connectivity index (χ1n) is 7.13. The second-order valence-corrected chi connectivity index (χ2v) is 5.89. The van der Waals surface area contributed by atoms with Crippen LogP contribution in [0.15, 0.2) is 36.4 Å². The fourth-order valence-corrected chi connectivity index (χ4v) is 2.91. The third-order valence-electron chi connectivity index (χ3n) is 3.59. The lowest BCUT2D eigenvalue weighted by Gasteiger charge is -2.19. The second kappa shape index (κ2) is 5.63. The van der Waals surface area contributed by atoms with Crippen LogP contribution in [0.1, 0.15) is 56.0 Å². The number of hydrogen-bond acceptors (Lipinski definition) is 4. The van der Waals surface area contributed by atoms with Crippen LogP contribution >= 0.6 is 11.6 Å². The molecule has 0 heterocycles. The standard InChI is InChI=1S/C18H13ClO4/c1-9(2)23-18(22)13-8-7-12-14(15(13)19)17(21)11-6-4-3-5-10(11)16(12)20/h3-9H,1-2H3. The third kappa shape index (κ3) is 2.45. The zero-order valence-corrected chi connectivity index (χ0v) is 13.3. The van der Waals surface area contributed by atoms with Crippen LogP contribution in [0.3, 0.4) is 0 Å². The molecule has 1 aliphatic carbocycles. The summed E-state index contributed by atoms with van der Waals surface area (Å²) in [5.41, 5.74) is 0.993. The number of ether oxygens (including phenoxy) is 1. The zero-order valence-electron chi connectivity index (χ0n) is 12.6. The molecular formula is C18H13ClO4.